The highest BCUT2D eigenvalue weighted by atomic mass is 32.2. The zero-order valence-electron chi connectivity index (χ0n) is 7.83. The van der Waals surface area contributed by atoms with Crippen LogP contribution in [-0.2, 0) is 0 Å². The number of aliphatic hydroxyl groups is 1. The van der Waals surface area contributed by atoms with Crippen LogP contribution in [0, 0.1) is 0 Å². The minimum atomic E-state index is -0.121. The van der Waals surface area contributed by atoms with Crippen molar-refractivity contribution in [3.63, 3.8) is 0 Å². The lowest BCUT2D eigenvalue weighted by molar-refractivity contribution is 0.193. The molecule has 0 amide bonds. The van der Waals surface area contributed by atoms with Crippen LogP contribution in [-0.4, -0.2) is 47.9 Å². The van der Waals surface area contributed by atoms with Gasteiger partial charge in [-0.25, -0.2) is 0 Å². The van der Waals surface area contributed by atoms with Gasteiger partial charge in [0.1, 0.15) is 0 Å². The fourth-order valence-corrected chi connectivity index (χ4v) is 3.14. The summed E-state index contributed by atoms with van der Waals surface area (Å²) in [6, 6.07) is 1.20. The Morgan fingerprint density at radius 2 is 2.46 bits per heavy atom. The van der Waals surface area contributed by atoms with Crippen molar-refractivity contribution in [1.82, 2.24) is 10.6 Å². The molecule has 0 aromatic rings. The third-order valence-corrected chi connectivity index (χ3v) is 3.94. The van der Waals surface area contributed by atoms with Crippen LogP contribution in [0.15, 0.2) is 0 Å². The number of hydrogen-bond donors (Lipinski definition) is 3. The second-order valence-corrected chi connectivity index (χ2v) is 5.11. The summed E-state index contributed by atoms with van der Waals surface area (Å²) >= 11 is 2.03. The molecule has 2 aliphatic rings. The van der Waals surface area contributed by atoms with E-state index in [0.29, 0.717) is 12.1 Å². The van der Waals surface area contributed by atoms with Crippen molar-refractivity contribution in [3.05, 3.63) is 0 Å². The fraction of sp³-hybridized carbons (Fsp3) is 1.00. The molecule has 4 heteroatoms. The Morgan fingerprint density at radius 3 is 3.08 bits per heavy atom. The molecule has 0 bridgehead atoms. The topological polar surface area (TPSA) is 44.3 Å². The maximum atomic E-state index is 9.30. The number of hydrogen-bond acceptors (Lipinski definition) is 4. The third kappa shape index (κ3) is 2.84. The number of thioether (sulfide) groups is 1. The fourth-order valence-electron chi connectivity index (χ4n) is 1.96. The normalized spacial score (nSPS) is 39.9. The Morgan fingerprint density at radius 1 is 1.54 bits per heavy atom. The standard InChI is InChI=1S/C9H18N2OS/c12-9-3-8(11-5-9)4-10-7-1-2-13-6-7/h7-12H,1-6H2/t7?,8-,9+/m0/s1. The minimum Gasteiger partial charge on any atom is -0.392 e. The first-order valence-electron chi connectivity index (χ1n) is 5.07. The SMILES string of the molecule is O[C@H]1CN[C@H](CNC2CCSC2)C1. The highest BCUT2D eigenvalue weighted by molar-refractivity contribution is 7.99. The van der Waals surface area contributed by atoms with Crippen molar-refractivity contribution >= 4 is 11.8 Å². The summed E-state index contributed by atoms with van der Waals surface area (Å²) in [5.41, 5.74) is 0. The molecule has 3 N–H and O–H groups in total. The van der Waals surface area contributed by atoms with Gasteiger partial charge < -0.3 is 15.7 Å². The van der Waals surface area contributed by atoms with E-state index in [9.17, 15) is 5.11 Å². The van der Waals surface area contributed by atoms with Crippen LogP contribution in [0.1, 0.15) is 12.8 Å². The van der Waals surface area contributed by atoms with E-state index in [4.69, 9.17) is 0 Å². The molecule has 3 atom stereocenters. The van der Waals surface area contributed by atoms with Crippen molar-refractivity contribution in [2.45, 2.75) is 31.0 Å². The first-order valence-corrected chi connectivity index (χ1v) is 6.22. The maximum Gasteiger partial charge on any atom is 0.0680 e. The summed E-state index contributed by atoms with van der Waals surface area (Å²) in [4.78, 5) is 0. The average molecular weight is 202 g/mol. The number of nitrogens with one attached hydrogen (secondary N) is 2. The lowest BCUT2D eigenvalue weighted by Gasteiger charge is -2.15. The van der Waals surface area contributed by atoms with Crippen molar-refractivity contribution < 1.29 is 5.11 Å². The number of rotatable bonds is 3. The van der Waals surface area contributed by atoms with E-state index in [2.05, 4.69) is 10.6 Å². The summed E-state index contributed by atoms with van der Waals surface area (Å²) in [6.45, 7) is 1.79. The van der Waals surface area contributed by atoms with Crippen molar-refractivity contribution in [3.8, 4) is 0 Å². The molecule has 2 rings (SSSR count). The summed E-state index contributed by atoms with van der Waals surface area (Å²) in [6.07, 6.45) is 2.09. The van der Waals surface area contributed by atoms with E-state index in [0.717, 1.165) is 19.5 Å². The molecular formula is C9H18N2OS. The highest BCUT2D eigenvalue weighted by Gasteiger charge is 2.23. The predicted molar refractivity (Wildman–Crippen MR) is 56.1 cm³/mol. The second kappa shape index (κ2) is 4.64. The first-order chi connectivity index (χ1) is 6.34. The molecular weight excluding hydrogens is 184 g/mol. The molecule has 13 heavy (non-hydrogen) atoms. The lowest BCUT2D eigenvalue weighted by atomic mass is 10.2. The quantitative estimate of drug-likeness (QED) is 0.593. The average Bonchev–Trinajstić information content (AvgIpc) is 2.71. The largest absolute Gasteiger partial charge is 0.392 e. The van der Waals surface area contributed by atoms with Crippen molar-refractivity contribution in [2.24, 2.45) is 0 Å². The molecule has 0 spiro atoms. The molecule has 76 valence electrons. The van der Waals surface area contributed by atoms with E-state index in [-0.39, 0.29) is 6.10 Å². The van der Waals surface area contributed by atoms with Gasteiger partial charge in [-0.1, -0.05) is 0 Å². The van der Waals surface area contributed by atoms with E-state index in [1.807, 2.05) is 11.8 Å². The van der Waals surface area contributed by atoms with Gasteiger partial charge in [-0.05, 0) is 18.6 Å². The number of aliphatic hydroxyl groups excluding tert-OH is 1. The Balaban J connectivity index is 1.62. The molecule has 2 aliphatic heterocycles. The van der Waals surface area contributed by atoms with Gasteiger partial charge in [0, 0.05) is 30.9 Å². The van der Waals surface area contributed by atoms with Crippen LogP contribution in [0.5, 0.6) is 0 Å². The van der Waals surface area contributed by atoms with Gasteiger partial charge in [-0.15, -0.1) is 0 Å². The summed E-state index contributed by atoms with van der Waals surface area (Å²) < 4.78 is 0. The Kier molecular flexibility index (Phi) is 3.49. The molecule has 0 radical (unpaired) electrons. The zero-order valence-corrected chi connectivity index (χ0v) is 8.65. The molecule has 3 nitrogen and oxygen atoms in total. The summed E-state index contributed by atoms with van der Waals surface area (Å²) in [5, 5.41) is 16.2. The van der Waals surface area contributed by atoms with Crippen molar-refractivity contribution in [1.29, 1.82) is 0 Å². The molecule has 0 saturated carbocycles. The van der Waals surface area contributed by atoms with Crippen LogP contribution in [0.4, 0.5) is 0 Å². The molecule has 2 saturated heterocycles. The lowest BCUT2D eigenvalue weighted by Crippen LogP contribution is -2.39. The minimum absolute atomic E-state index is 0.121. The summed E-state index contributed by atoms with van der Waals surface area (Å²) in [7, 11) is 0. The molecule has 2 fully saturated rings. The highest BCUT2D eigenvalue weighted by Crippen LogP contribution is 2.17. The zero-order chi connectivity index (χ0) is 9.10. The molecule has 0 aromatic heterocycles. The smallest absolute Gasteiger partial charge is 0.0680 e. The van der Waals surface area contributed by atoms with Gasteiger partial charge in [-0.2, -0.15) is 11.8 Å². The van der Waals surface area contributed by atoms with E-state index >= 15 is 0 Å². The third-order valence-electron chi connectivity index (χ3n) is 2.78. The van der Waals surface area contributed by atoms with Crippen LogP contribution >= 0.6 is 11.8 Å². The van der Waals surface area contributed by atoms with Gasteiger partial charge in [0.25, 0.3) is 0 Å². The Hall–Kier alpha value is 0.230. The van der Waals surface area contributed by atoms with E-state index in [1.54, 1.807) is 0 Å². The van der Waals surface area contributed by atoms with E-state index in [1.165, 1.54) is 17.9 Å². The van der Waals surface area contributed by atoms with Crippen molar-refractivity contribution in [2.75, 3.05) is 24.6 Å². The van der Waals surface area contributed by atoms with Gasteiger partial charge >= 0.3 is 0 Å². The predicted octanol–water partition coefficient (Wildman–Crippen LogP) is -0.196. The van der Waals surface area contributed by atoms with Crippen LogP contribution in [0.25, 0.3) is 0 Å². The molecule has 0 aromatic carbocycles. The van der Waals surface area contributed by atoms with Crippen LogP contribution in [0.2, 0.25) is 0 Å². The Bertz CT molecular complexity index is 162. The van der Waals surface area contributed by atoms with Crippen LogP contribution < -0.4 is 10.6 Å². The summed E-state index contributed by atoms with van der Waals surface area (Å²) in [5.74, 6) is 2.56. The van der Waals surface area contributed by atoms with Gasteiger partial charge in [0.15, 0.2) is 0 Å². The first kappa shape index (κ1) is 9.77. The Labute approximate surface area is 83.7 Å². The van der Waals surface area contributed by atoms with Crippen LogP contribution in [0.3, 0.4) is 0 Å². The van der Waals surface area contributed by atoms with E-state index < -0.39 is 0 Å². The maximum absolute atomic E-state index is 9.30. The molecule has 1 unspecified atom stereocenters. The molecule has 2 heterocycles. The second-order valence-electron chi connectivity index (χ2n) is 3.96. The van der Waals surface area contributed by atoms with Gasteiger partial charge in [0.05, 0.1) is 6.10 Å². The van der Waals surface area contributed by atoms with Gasteiger partial charge in [0.2, 0.25) is 0 Å². The number of β-amino-alcohol motifs (C(OH)–C–C–N with tert-alkyl or cyclic N) is 1. The monoisotopic (exact) mass is 202 g/mol. The molecule has 0 aliphatic carbocycles. The van der Waals surface area contributed by atoms with Gasteiger partial charge in [-0.3, -0.25) is 0 Å².